The highest BCUT2D eigenvalue weighted by Gasteiger charge is 2.09. The second-order valence-corrected chi connectivity index (χ2v) is 4.40. The molecule has 1 aliphatic heterocycles. The van der Waals surface area contributed by atoms with E-state index in [0.717, 1.165) is 6.54 Å². The Hall–Kier alpha value is -1.08. The van der Waals surface area contributed by atoms with Crippen molar-refractivity contribution in [3.63, 3.8) is 0 Å². The van der Waals surface area contributed by atoms with Gasteiger partial charge in [0.2, 0.25) is 0 Å². The van der Waals surface area contributed by atoms with E-state index in [0.29, 0.717) is 0 Å². The molecule has 1 saturated heterocycles. The van der Waals surface area contributed by atoms with Crippen LogP contribution in [0.5, 0.6) is 0 Å². The Morgan fingerprint density at radius 1 is 1.06 bits per heavy atom. The van der Waals surface area contributed by atoms with Gasteiger partial charge in [0.15, 0.2) is 0 Å². The van der Waals surface area contributed by atoms with Gasteiger partial charge >= 0.3 is 0 Å². The van der Waals surface area contributed by atoms with E-state index in [1.54, 1.807) is 0 Å². The van der Waals surface area contributed by atoms with Gasteiger partial charge in [0, 0.05) is 6.54 Å². The van der Waals surface area contributed by atoms with E-state index in [1.165, 1.54) is 43.5 Å². The summed E-state index contributed by atoms with van der Waals surface area (Å²) in [6.07, 6.45) is 12.2. The molecule has 0 saturated carbocycles. The molecule has 0 amide bonds. The number of hydrogen-bond donors (Lipinski definition) is 0. The molecule has 88 valence electrons. The second-order valence-electron chi connectivity index (χ2n) is 4.40. The lowest BCUT2D eigenvalue weighted by molar-refractivity contribution is 0.248. The lowest BCUT2D eigenvalue weighted by Crippen LogP contribution is -2.31. The third kappa shape index (κ3) is 4.63. The van der Waals surface area contributed by atoms with Crippen molar-refractivity contribution in [3.05, 3.63) is 48.6 Å². The quantitative estimate of drug-likeness (QED) is 0.634. The van der Waals surface area contributed by atoms with Crippen molar-refractivity contribution in [2.24, 2.45) is 0 Å². The van der Waals surface area contributed by atoms with E-state index >= 15 is 0 Å². The average molecular weight is 217 g/mol. The topological polar surface area (TPSA) is 3.24 Å². The zero-order valence-electron chi connectivity index (χ0n) is 10.4. The number of rotatable bonds is 5. The van der Waals surface area contributed by atoms with Gasteiger partial charge in [0.25, 0.3) is 0 Å². The molecule has 0 N–H and O–H groups in total. The van der Waals surface area contributed by atoms with E-state index in [-0.39, 0.29) is 0 Å². The first-order valence-electron chi connectivity index (χ1n) is 6.11. The van der Waals surface area contributed by atoms with Crippen molar-refractivity contribution in [1.82, 2.24) is 4.90 Å². The molecule has 16 heavy (non-hydrogen) atoms. The highest BCUT2D eigenvalue weighted by Crippen LogP contribution is 2.11. The Bertz CT molecular complexity index is 291. The molecule has 0 radical (unpaired) electrons. The summed E-state index contributed by atoms with van der Waals surface area (Å²) in [4.78, 5) is 2.51. The Labute approximate surface area is 99.8 Å². The monoisotopic (exact) mass is 217 g/mol. The van der Waals surface area contributed by atoms with Gasteiger partial charge in [-0.15, -0.1) is 0 Å². The van der Waals surface area contributed by atoms with Crippen LogP contribution >= 0.6 is 0 Å². The third-order valence-corrected chi connectivity index (χ3v) is 3.00. The van der Waals surface area contributed by atoms with Gasteiger partial charge in [0.1, 0.15) is 0 Å². The first-order chi connectivity index (χ1) is 7.76. The fourth-order valence-electron chi connectivity index (χ4n) is 1.87. The summed E-state index contributed by atoms with van der Waals surface area (Å²) in [7, 11) is 0. The van der Waals surface area contributed by atoms with Gasteiger partial charge < -0.3 is 0 Å². The fraction of sp³-hybridized carbons (Fsp3) is 0.467. The maximum absolute atomic E-state index is 3.88. The minimum absolute atomic E-state index is 1.03. The molecular weight excluding hydrogens is 194 g/mol. The Morgan fingerprint density at radius 2 is 1.75 bits per heavy atom. The average Bonchev–Trinajstić information content (AvgIpc) is 2.35. The summed E-state index contributed by atoms with van der Waals surface area (Å²) in [5, 5.41) is 0. The standard InChI is InChI=1S/C15H23N/c1-4-14(3)9-10-15(5-2)13-16-11-7-6-8-12-16/h4-5,9-10H,1-2,6-8,11-13H2,3H3/b14-9+,15-10+. The van der Waals surface area contributed by atoms with Crippen LogP contribution in [0.1, 0.15) is 26.2 Å². The highest BCUT2D eigenvalue weighted by atomic mass is 15.1. The normalized spacial score (nSPS) is 19.6. The molecule has 0 aromatic heterocycles. The maximum Gasteiger partial charge on any atom is 0.0233 e. The van der Waals surface area contributed by atoms with Crippen molar-refractivity contribution < 1.29 is 0 Å². The number of nitrogens with zero attached hydrogens (tertiary/aromatic N) is 1. The van der Waals surface area contributed by atoms with Gasteiger partial charge in [-0.1, -0.05) is 49.5 Å². The summed E-state index contributed by atoms with van der Waals surface area (Å²) in [5.41, 5.74) is 2.49. The number of hydrogen-bond acceptors (Lipinski definition) is 1. The van der Waals surface area contributed by atoms with Crippen LogP contribution in [0.3, 0.4) is 0 Å². The van der Waals surface area contributed by atoms with Crippen LogP contribution in [-0.2, 0) is 0 Å². The number of piperidine rings is 1. The molecule has 0 aromatic rings. The minimum Gasteiger partial charge on any atom is -0.299 e. The molecule has 0 atom stereocenters. The van der Waals surface area contributed by atoms with Crippen LogP contribution in [0.4, 0.5) is 0 Å². The van der Waals surface area contributed by atoms with Gasteiger partial charge in [-0.2, -0.15) is 0 Å². The largest absolute Gasteiger partial charge is 0.299 e. The minimum atomic E-state index is 1.03. The summed E-state index contributed by atoms with van der Waals surface area (Å²) in [6, 6.07) is 0. The van der Waals surface area contributed by atoms with Crippen molar-refractivity contribution in [2.75, 3.05) is 19.6 Å². The molecule has 1 heterocycles. The van der Waals surface area contributed by atoms with Crippen molar-refractivity contribution in [3.8, 4) is 0 Å². The van der Waals surface area contributed by atoms with Crippen LogP contribution < -0.4 is 0 Å². The SMILES string of the molecule is C=C/C(C)=C/C=C(\C=C)CN1CCCCC1. The summed E-state index contributed by atoms with van der Waals surface area (Å²) < 4.78 is 0. The summed E-state index contributed by atoms with van der Waals surface area (Å²) >= 11 is 0. The van der Waals surface area contributed by atoms with Crippen LogP contribution in [0.2, 0.25) is 0 Å². The van der Waals surface area contributed by atoms with Gasteiger partial charge in [0.05, 0.1) is 0 Å². The van der Waals surface area contributed by atoms with Gasteiger partial charge in [-0.25, -0.2) is 0 Å². The van der Waals surface area contributed by atoms with E-state index in [9.17, 15) is 0 Å². The lowest BCUT2D eigenvalue weighted by Gasteiger charge is -2.26. The molecule has 1 heteroatoms. The predicted molar refractivity (Wildman–Crippen MR) is 72.5 cm³/mol. The molecule has 1 aliphatic rings. The second kappa shape index (κ2) is 7.24. The Balaban J connectivity index is 2.53. The van der Waals surface area contributed by atoms with Crippen LogP contribution in [0.15, 0.2) is 48.6 Å². The van der Waals surface area contributed by atoms with Crippen molar-refractivity contribution >= 4 is 0 Å². The first-order valence-corrected chi connectivity index (χ1v) is 6.11. The molecule has 1 nitrogen and oxygen atoms in total. The maximum atomic E-state index is 3.88. The van der Waals surface area contributed by atoms with E-state index in [4.69, 9.17) is 0 Å². The van der Waals surface area contributed by atoms with Gasteiger partial charge in [-0.3, -0.25) is 4.90 Å². The van der Waals surface area contributed by atoms with Crippen LogP contribution in [0, 0.1) is 0 Å². The van der Waals surface area contributed by atoms with Crippen LogP contribution in [0.25, 0.3) is 0 Å². The van der Waals surface area contributed by atoms with E-state index < -0.39 is 0 Å². The van der Waals surface area contributed by atoms with Crippen LogP contribution in [-0.4, -0.2) is 24.5 Å². The molecule has 0 aliphatic carbocycles. The molecular formula is C15H23N. The molecule has 0 unspecified atom stereocenters. The van der Waals surface area contributed by atoms with Gasteiger partial charge in [-0.05, 0) is 38.4 Å². The highest BCUT2D eigenvalue weighted by molar-refractivity contribution is 5.28. The van der Waals surface area contributed by atoms with Crippen molar-refractivity contribution in [2.45, 2.75) is 26.2 Å². The molecule has 0 spiro atoms. The lowest BCUT2D eigenvalue weighted by atomic mass is 10.1. The molecule has 1 fully saturated rings. The van der Waals surface area contributed by atoms with Crippen molar-refractivity contribution in [1.29, 1.82) is 0 Å². The molecule has 0 bridgehead atoms. The smallest absolute Gasteiger partial charge is 0.0233 e. The van der Waals surface area contributed by atoms with E-state index in [1.807, 2.05) is 12.2 Å². The zero-order valence-corrected chi connectivity index (χ0v) is 10.4. The zero-order chi connectivity index (χ0) is 11.8. The number of allylic oxidation sites excluding steroid dienone is 4. The summed E-state index contributed by atoms with van der Waals surface area (Å²) in [6.45, 7) is 13.2. The van der Waals surface area contributed by atoms with E-state index in [2.05, 4.69) is 37.1 Å². The molecule has 1 rings (SSSR count). The predicted octanol–water partition coefficient (Wildman–Crippen LogP) is 3.72. The Morgan fingerprint density at radius 3 is 2.31 bits per heavy atom. The number of likely N-dealkylation sites (tertiary alicyclic amines) is 1. The Kier molecular flexibility index (Phi) is 5.87. The third-order valence-electron chi connectivity index (χ3n) is 3.00. The fourth-order valence-corrected chi connectivity index (χ4v) is 1.87. The first kappa shape index (κ1) is 13.0. The molecule has 0 aromatic carbocycles. The summed E-state index contributed by atoms with van der Waals surface area (Å²) in [5.74, 6) is 0.